The number of benzene rings is 1. The topological polar surface area (TPSA) is 69.6 Å². The van der Waals surface area contributed by atoms with E-state index in [0.29, 0.717) is 13.0 Å². The smallest absolute Gasteiger partial charge is 0.317 e. The van der Waals surface area contributed by atoms with Crippen LogP contribution in [-0.2, 0) is 11.3 Å². The molecule has 2 N–H and O–H groups in total. The Kier molecular flexibility index (Phi) is 4.62. The Bertz CT molecular complexity index is 568. The van der Waals surface area contributed by atoms with E-state index in [0.717, 1.165) is 11.1 Å². The molecule has 0 heterocycles. The molecule has 21 heavy (non-hydrogen) atoms. The van der Waals surface area contributed by atoms with Gasteiger partial charge in [-0.05, 0) is 18.9 Å². The van der Waals surface area contributed by atoms with E-state index >= 15 is 0 Å². The summed E-state index contributed by atoms with van der Waals surface area (Å²) in [6.07, 6.45) is 3.80. The second kappa shape index (κ2) is 6.43. The molecule has 0 spiro atoms. The van der Waals surface area contributed by atoms with Crippen molar-refractivity contribution in [2.75, 3.05) is 7.05 Å². The normalized spacial score (nSPS) is 20.3. The molecular weight excluding hydrogens is 268 g/mol. The number of hydrogen-bond donors (Lipinski definition) is 2. The fraction of sp³-hybridized carbons (Fsp3) is 0.375. The van der Waals surface area contributed by atoms with E-state index < -0.39 is 11.9 Å². The first-order valence-corrected chi connectivity index (χ1v) is 6.94. The zero-order valence-corrected chi connectivity index (χ0v) is 12.2. The number of nitrogens with one attached hydrogen (secondary N) is 1. The molecule has 0 saturated heterocycles. The van der Waals surface area contributed by atoms with Crippen molar-refractivity contribution in [1.29, 1.82) is 0 Å². The molecule has 2 atom stereocenters. The monoisotopic (exact) mass is 288 g/mol. The predicted molar refractivity (Wildman–Crippen MR) is 79.8 cm³/mol. The maximum absolute atomic E-state index is 12.1. The quantitative estimate of drug-likeness (QED) is 0.834. The number of nitrogens with zero attached hydrogens (tertiary/aromatic N) is 1. The van der Waals surface area contributed by atoms with Crippen molar-refractivity contribution in [2.24, 2.45) is 5.92 Å². The molecule has 0 aliphatic heterocycles. The van der Waals surface area contributed by atoms with Gasteiger partial charge in [0.2, 0.25) is 0 Å². The van der Waals surface area contributed by atoms with Gasteiger partial charge in [0.1, 0.15) is 0 Å². The molecule has 112 valence electrons. The summed E-state index contributed by atoms with van der Waals surface area (Å²) in [5, 5.41) is 11.8. The van der Waals surface area contributed by atoms with E-state index in [1.54, 1.807) is 24.1 Å². The standard InChI is InChI=1S/C16H20N2O3/c1-11-4-3-5-12(8-11)10-18(2)16(21)17-14-7-6-13(9-14)15(19)20/h3-8,13-14H,9-10H2,1-2H3,(H,17,21)(H,19,20). The second-order valence-corrected chi connectivity index (χ2v) is 5.47. The van der Waals surface area contributed by atoms with Gasteiger partial charge in [0.05, 0.1) is 12.0 Å². The zero-order valence-electron chi connectivity index (χ0n) is 12.2. The molecule has 1 aliphatic rings. The minimum atomic E-state index is -0.851. The summed E-state index contributed by atoms with van der Waals surface area (Å²) in [6.45, 7) is 2.53. The third kappa shape index (κ3) is 4.08. The van der Waals surface area contributed by atoms with Crippen molar-refractivity contribution in [3.05, 3.63) is 47.5 Å². The van der Waals surface area contributed by atoms with Crippen molar-refractivity contribution >= 4 is 12.0 Å². The number of aryl methyl sites for hydroxylation is 1. The van der Waals surface area contributed by atoms with Crippen LogP contribution in [-0.4, -0.2) is 35.1 Å². The average Bonchev–Trinajstić information content (AvgIpc) is 2.87. The predicted octanol–water partition coefficient (Wildman–Crippen LogP) is 2.17. The Balaban J connectivity index is 1.86. The van der Waals surface area contributed by atoms with Crippen LogP contribution in [0.25, 0.3) is 0 Å². The summed E-state index contributed by atoms with van der Waals surface area (Å²) in [5.41, 5.74) is 2.22. The molecule has 5 nitrogen and oxygen atoms in total. The largest absolute Gasteiger partial charge is 0.481 e. The van der Waals surface area contributed by atoms with Crippen LogP contribution in [0.3, 0.4) is 0 Å². The lowest BCUT2D eigenvalue weighted by Gasteiger charge is -2.21. The van der Waals surface area contributed by atoms with Crippen LogP contribution in [0.2, 0.25) is 0 Å². The fourth-order valence-electron chi connectivity index (χ4n) is 2.41. The molecular formula is C16H20N2O3. The van der Waals surface area contributed by atoms with Crippen LogP contribution in [0.5, 0.6) is 0 Å². The SMILES string of the molecule is Cc1cccc(CN(C)C(=O)NC2C=CC(C(=O)O)C2)c1. The van der Waals surface area contributed by atoms with E-state index in [1.807, 2.05) is 31.2 Å². The van der Waals surface area contributed by atoms with Crippen molar-refractivity contribution in [3.63, 3.8) is 0 Å². The summed E-state index contributed by atoms with van der Waals surface area (Å²) < 4.78 is 0. The number of aliphatic carboxylic acids is 1. The number of hydrogen-bond acceptors (Lipinski definition) is 2. The number of amides is 2. The third-order valence-electron chi connectivity index (χ3n) is 3.56. The average molecular weight is 288 g/mol. The molecule has 2 rings (SSSR count). The second-order valence-electron chi connectivity index (χ2n) is 5.47. The van der Waals surface area contributed by atoms with Gasteiger partial charge in [0, 0.05) is 13.6 Å². The van der Waals surface area contributed by atoms with Crippen LogP contribution in [0.1, 0.15) is 17.5 Å². The molecule has 0 bridgehead atoms. The Morgan fingerprint density at radius 3 is 2.76 bits per heavy atom. The van der Waals surface area contributed by atoms with Gasteiger partial charge < -0.3 is 15.3 Å². The van der Waals surface area contributed by atoms with Crippen LogP contribution >= 0.6 is 0 Å². The van der Waals surface area contributed by atoms with Gasteiger partial charge in [-0.2, -0.15) is 0 Å². The lowest BCUT2D eigenvalue weighted by molar-refractivity contribution is -0.140. The lowest BCUT2D eigenvalue weighted by Crippen LogP contribution is -2.41. The molecule has 1 aliphatic carbocycles. The molecule has 0 fully saturated rings. The highest BCUT2D eigenvalue weighted by Gasteiger charge is 2.26. The summed E-state index contributed by atoms with van der Waals surface area (Å²) in [4.78, 5) is 24.6. The summed E-state index contributed by atoms with van der Waals surface area (Å²) >= 11 is 0. The molecule has 0 saturated carbocycles. The number of carboxylic acid groups (broad SMARTS) is 1. The Hall–Kier alpha value is -2.30. The Labute approximate surface area is 124 Å². The minimum absolute atomic E-state index is 0.197. The molecule has 1 aromatic rings. The molecule has 2 amide bonds. The summed E-state index contributed by atoms with van der Waals surface area (Å²) in [6, 6.07) is 7.59. The van der Waals surface area contributed by atoms with E-state index in [1.165, 1.54) is 0 Å². The first kappa shape index (κ1) is 15.1. The van der Waals surface area contributed by atoms with E-state index in [-0.39, 0.29) is 12.1 Å². The first-order valence-electron chi connectivity index (χ1n) is 6.94. The van der Waals surface area contributed by atoms with Crippen molar-refractivity contribution in [2.45, 2.75) is 25.9 Å². The summed E-state index contributed by atoms with van der Waals surface area (Å²) in [5.74, 6) is -1.35. The zero-order chi connectivity index (χ0) is 15.4. The highest BCUT2D eigenvalue weighted by molar-refractivity contribution is 5.76. The Morgan fingerprint density at radius 1 is 1.38 bits per heavy atom. The van der Waals surface area contributed by atoms with Gasteiger partial charge in [-0.15, -0.1) is 0 Å². The maximum Gasteiger partial charge on any atom is 0.317 e. The molecule has 0 radical (unpaired) electrons. The highest BCUT2D eigenvalue weighted by Crippen LogP contribution is 2.18. The first-order chi connectivity index (χ1) is 9.95. The van der Waals surface area contributed by atoms with Crippen molar-refractivity contribution < 1.29 is 14.7 Å². The van der Waals surface area contributed by atoms with E-state index in [2.05, 4.69) is 5.32 Å². The number of carbonyl (C=O) groups excluding carboxylic acids is 1. The van der Waals surface area contributed by atoms with Crippen LogP contribution < -0.4 is 5.32 Å². The summed E-state index contributed by atoms with van der Waals surface area (Å²) in [7, 11) is 1.73. The highest BCUT2D eigenvalue weighted by atomic mass is 16.4. The fourth-order valence-corrected chi connectivity index (χ4v) is 2.41. The van der Waals surface area contributed by atoms with E-state index in [9.17, 15) is 9.59 Å². The van der Waals surface area contributed by atoms with Gasteiger partial charge in [0.15, 0.2) is 0 Å². The van der Waals surface area contributed by atoms with Gasteiger partial charge in [0.25, 0.3) is 0 Å². The van der Waals surface area contributed by atoms with Gasteiger partial charge in [-0.3, -0.25) is 4.79 Å². The number of urea groups is 1. The van der Waals surface area contributed by atoms with Crippen molar-refractivity contribution in [3.8, 4) is 0 Å². The maximum atomic E-state index is 12.1. The molecule has 2 unspecified atom stereocenters. The number of carbonyl (C=O) groups is 2. The number of carboxylic acids is 1. The van der Waals surface area contributed by atoms with Crippen LogP contribution in [0.15, 0.2) is 36.4 Å². The Morgan fingerprint density at radius 2 is 2.14 bits per heavy atom. The van der Waals surface area contributed by atoms with Gasteiger partial charge >= 0.3 is 12.0 Å². The van der Waals surface area contributed by atoms with Gasteiger partial charge in [-0.1, -0.05) is 42.0 Å². The van der Waals surface area contributed by atoms with Gasteiger partial charge in [-0.25, -0.2) is 4.79 Å². The van der Waals surface area contributed by atoms with Crippen LogP contribution in [0, 0.1) is 12.8 Å². The molecule has 0 aromatic heterocycles. The van der Waals surface area contributed by atoms with Crippen LogP contribution in [0.4, 0.5) is 4.79 Å². The minimum Gasteiger partial charge on any atom is -0.481 e. The third-order valence-corrected chi connectivity index (χ3v) is 3.56. The van der Waals surface area contributed by atoms with Crippen molar-refractivity contribution in [1.82, 2.24) is 10.2 Å². The molecule has 1 aromatic carbocycles. The molecule has 5 heteroatoms. The van der Waals surface area contributed by atoms with E-state index in [4.69, 9.17) is 5.11 Å². The lowest BCUT2D eigenvalue weighted by atomic mass is 10.1. The number of rotatable bonds is 4.